The maximum absolute atomic E-state index is 12.5. The molecule has 1 heterocycles. The Balaban J connectivity index is 2.80. The fraction of sp³-hybridized carbons (Fsp3) is 0.500. The van der Waals surface area contributed by atoms with Gasteiger partial charge in [0.15, 0.2) is 0 Å². The van der Waals surface area contributed by atoms with Crippen molar-refractivity contribution < 1.29 is 34.2 Å². The van der Waals surface area contributed by atoms with E-state index in [1.54, 1.807) is 0 Å². The van der Waals surface area contributed by atoms with E-state index < -0.39 is 47.8 Å². The predicted octanol–water partition coefficient (Wildman–Crippen LogP) is -2.54. The first-order chi connectivity index (χ1) is 13.6. The number of amides is 3. The molecule has 0 radical (unpaired) electrons. The van der Waals surface area contributed by atoms with Gasteiger partial charge in [0.25, 0.3) is 0 Å². The average Bonchev–Trinajstić information content (AvgIpc) is 3.14. The molecule has 0 saturated carbocycles. The maximum Gasteiger partial charge on any atom is 0.326 e. The quantitative estimate of drug-likeness (QED) is 0.181. The minimum absolute atomic E-state index is 0.0876. The zero-order chi connectivity index (χ0) is 22.0. The van der Waals surface area contributed by atoms with Gasteiger partial charge in [-0.25, -0.2) is 9.78 Å². The number of carboxylic acids is 2. The Morgan fingerprint density at radius 3 is 2.21 bits per heavy atom. The van der Waals surface area contributed by atoms with Crippen LogP contribution >= 0.6 is 0 Å². The molecule has 3 atom stereocenters. The van der Waals surface area contributed by atoms with Gasteiger partial charge in [0, 0.05) is 31.2 Å². The number of primary amides is 1. The lowest BCUT2D eigenvalue weighted by Gasteiger charge is -2.22. The lowest BCUT2D eigenvalue weighted by Crippen LogP contribution is -2.55. The van der Waals surface area contributed by atoms with Gasteiger partial charge >= 0.3 is 11.9 Å². The van der Waals surface area contributed by atoms with Crippen molar-refractivity contribution in [3.63, 3.8) is 0 Å². The SMILES string of the molecule is NC(=O)CCC(NC(=O)C(N)CCC(=O)O)C(=O)NC(Cc1cnc[nH]1)C(=O)O. The Morgan fingerprint density at radius 1 is 1.03 bits per heavy atom. The van der Waals surface area contributed by atoms with Crippen molar-refractivity contribution in [1.82, 2.24) is 20.6 Å². The van der Waals surface area contributed by atoms with Gasteiger partial charge in [-0.2, -0.15) is 0 Å². The first-order valence-electron chi connectivity index (χ1n) is 8.66. The van der Waals surface area contributed by atoms with Crippen molar-refractivity contribution in [3.05, 3.63) is 18.2 Å². The maximum atomic E-state index is 12.5. The smallest absolute Gasteiger partial charge is 0.326 e. The van der Waals surface area contributed by atoms with Gasteiger partial charge in [-0.05, 0) is 12.8 Å². The van der Waals surface area contributed by atoms with E-state index >= 15 is 0 Å². The van der Waals surface area contributed by atoms with E-state index in [1.165, 1.54) is 12.5 Å². The third-order valence-electron chi connectivity index (χ3n) is 3.91. The number of H-pyrrole nitrogens is 1. The standard InChI is InChI=1S/C16H24N6O7/c17-9(1-4-13(24)25)14(26)21-10(2-3-12(18)23)15(27)22-11(16(28)29)5-8-6-19-7-20-8/h6-7,9-11H,1-5,17H2,(H2,18,23)(H,19,20)(H,21,26)(H,22,27)(H,24,25)(H,28,29). The number of nitrogens with one attached hydrogen (secondary N) is 3. The molecule has 0 spiro atoms. The van der Waals surface area contributed by atoms with Gasteiger partial charge in [0.05, 0.1) is 12.4 Å². The first-order valence-corrected chi connectivity index (χ1v) is 8.66. The number of aromatic amines is 1. The molecule has 0 fully saturated rings. The zero-order valence-electron chi connectivity index (χ0n) is 15.5. The van der Waals surface area contributed by atoms with E-state index in [9.17, 15) is 29.1 Å². The third kappa shape index (κ3) is 8.83. The van der Waals surface area contributed by atoms with Gasteiger partial charge in [-0.15, -0.1) is 0 Å². The lowest BCUT2D eigenvalue weighted by atomic mass is 10.1. The number of nitrogens with zero attached hydrogens (tertiary/aromatic N) is 1. The molecular formula is C16H24N6O7. The van der Waals surface area contributed by atoms with Crippen molar-refractivity contribution in [2.45, 2.75) is 50.2 Å². The van der Waals surface area contributed by atoms with E-state index in [4.69, 9.17) is 16.6 Å². The fourth-order valence-electron chi connectivity index (χ4n) is 2.33. The molecule has 9 N–H and O–H groups in total. The van der Waals surface area contributed by atoms with Crippen LogP contribution in [0, 0.1) is 0 Å². The number of aromatic nitrogens is 2. The van der Waals surface area contributed by atoms with Gasteiger partial charge in [-0.1, -0.05) is 0 Å². The number of nitrogens with two attached hydrogens (primary N) is 2. The van der Waals surface area contributed by atoms with Crippen molar-refractivity contribution in [2.24, 2.45) is 11.5 Å². The fourth-order valence-corrected chi connectivity index (χ4v) is 2.33. The summed E-state index contributed by atoms with van der Waals surface area (Å²) in [6.45, 7) is 0. The Morgan fingerprint density at radius 2 is 1.69 bits per heavy atom. The Labute approximate surface area is 165 Å². The molecule has 0 bridgehead atoms. The van der Waals surface area contributed by atoms with E-state index in [2.05, 4.69) is 20.6 Å². The summed E-state index contributed by atoms with van der Waals surface area (Å²) in [6, 6.07) is -3.80. The zero-order valence-corrected chi connectivity index (χ0v) is 15.5. The average molecular weight is 412 g/mol. The molecule has 0 saturated heterocycles. The van der Waals surface area contributed by atoms with Crippen LogP contribution < -0.4 is 22.1 Å². The summed E-state index contributed by atoms with van der Waals surface area (Å²) in [5.41, 5.74) is 11.1. The highest BCUT2D eigenvalue weighted by molar-refractivity contribution is 5.92. The summed E-state index contributed by atoms with van der Waals surface area (Å²) in [4.78, 5) is 64.2. The minimum Gasteiger partial charge on any atom is -0.481 e. The van der Waals surface area contributed by atoms with Crippen LogP contribution in [0.3, 0.4) is 0 Å². The Kier molecular flexibility index (Phi) is 9.25. The first kappa shape index (κ1) is 23.6. The number of aliphatic carboxylic acids is 2. The van der Waals surface area contributed by atoms with Crippen LogP contribution in [-0.2, 0) is 30.4 Å². The van der Waals surface area contributed by atoms with Crippen LogP contribution in [0.15, 0.2) is 12.5 Å². The summed E-state index contributed by atoms with van der Waals surface area (Å²) in [5.74, 6) is -4.84. The third-order valence-corrected chi connectivity index (χ3v) is 3.91. The second-order valence-corrected chi connectivity index (χ2v) is 6.29. The van der Waals surface area contributed by atoms with E-state index in [0.29, 0.717) is 5.69 Å². The summed E-state index contributed by atoms with van der Waals surface area (Å²) >= 11 is 0. The molecular weight excluding hydrogens is 388 g/mol. The molecule has 0 aliphatic carbocycles. The number of carbonyl (C=O) groups excluding carboxylic acids is 3. The van der Waals surface area contributed by atoms with E-state index in [0.717, 1.165) is 0 Å². The highest BCUT2D eigenvalue weighted by atomic mass is 16.4. The highest BCUT2D eigenvalue weighted by Crippen LogP contribution is 2.04. The van der Waals surface area contributed by atoms with Gasteiger partial charge < -0.3 is 37.3 Å². The van der Waals surface area contributed by atoms with Crippen LogP contribution in [0.1, 0.15) is 31.4 Å². The molecule has 1 aromatic heterocycles. The summed E-state index contributed by atoms with van der Waals surface area (Å²) in [7, 11) is 0. The van der Waals surface area contributed by atoms with Gasteiger partial charge in [0.1, 0.15) is 12.1 Å². The number of carbonyl (C=O) groups is 5. The summed E-state index contributed by atoms with van der Waals surface area (Å²) in [6.07, 6.45) is 1.72. The second-order valence-electron chi connectivity index (χ2n) is 6.29. The molecule has 0 aromatic carbocycles. The van der Waals surface area contributed by atoms with E-state index in [-0.39, 0.29) is 32.1 Å². The molecule has 1 rings (SSSR count). The van der Waals surface area contributed by atoms with Crippen molar-refractivity contribution in [2.75, 3.05) is 0 Å². The second kappa shape index (κ2) is 11.4. The number of rotatable bonds is 13. The summed E-state index contributed by atoms with van der Waals surface area (Å²) in [5, 5.41) is 22.6. The largest absolute Gasteiger partial charge is 0.481 e. The monoisotopic (exact) mass is 412 g/mol. The van der Waals surface area contributed by atoms with Crippen molar-refractivity contribution >= 4 is 29.7 Å². The number of carboxylic acid groups (broad SMARTS) is 2. The topological polar surface area (TPSA) is 231 Å². The molecule has 1 aromatic rings. The van der Waals surface area contributed by atoms with Gasteiger partial charge in [0.2, 0.25) is 17.7 Å². The normalized spacial score (nSPS) is 13.7. The van der Waals surface area contributed by atoms with Crippen LogP contribution in [0.4, 0.5) is 0 Å². The Hall–Kier alpha value is -3.48. The molecule has 0 aliphatic heterocycles. The predicted molar refractivity (Wildman–Crippen MR) is 97.1 cm³/mol. The van der Waals surface area contributed by atoms with Crippen LogP contribution in [0.5, 0.6) is 0 Å². The summed E-state index contributed by atoms with van der Waals surface area (Å²) < 4.78 is 0. The minimum atomic E-state index is -1.32. The van der Waals surface area contributed by atoms with E-state index in [1.807, 2.05) is 0 Å². The van der Waals surface area contributed by atoms with Gasteiger partial charge in [-0.3, -0.25) is 19.2 Å². The van der Waals surface area contributed by atoms with Crippen molar-refractivity contribution in [3.8, 4) is 0 Å². The highest BCUT2D eigenvalue weighted by Gasteiger charge is 2.28. The molecule has 0 aliphatic rings. The van der Waals surface area contributed by atoms with Crippen molar-refractivity contribution in [1.29, 1.82) is 0 Å². The number of hydrogen-bond donors (Lipinski definition) is 7. The van der Waals surface area contributed by atoms with Crippen LogP contribution in [0.2, 0.25) is 0 Å². The molecule has 3 amide bonds. The lowest BCUT2D eigenvalue weighted by molar-refractivity contribution is -0.142. The van der Waals surface area contributed by atoms with Crippen LogP contribution in [-0.4, -0.2) is 68.0 Å². The molecule has 3 unspecified atom stereocenters. The Bertz CT molecular complexity index is 736. The molecule has 13 nitrogen and oxygen atoms in total. The number of hydrogen-bond acceptors (Lipinski definition) is 7. The molecule has 160 valence electrons. The number of imidazole rings is 1. The molecule has 29 heavy (non-hydrogen) atoms. The molecule has 13 heteroatoms. The van der Waals surface area contributed by atoms with Crippen LogP contribution in [0.25, 0.3) is 0 Å².